The fraction of sp³-hybridized carbons (Fsp3) is 0.615. The zero-order valence-corrected chi connectivity index (χ0v) is 12.6. The van der Waals surface area contributed by atoms with Crippen molar-refractivity contribution in [2.75, 3.05) is 0 Å². The van der Waals surface area contributed by atoms with Crippen LogP contribution in [0.25, 0.3) is 0 Å². The van der Waals surface area contributed by atoms with Crippen molar-refractivity contribution >= 4 is 9.04 Å². The van der Waals surface area contributed by atoms with Crippen molar-refractivity contribution in [3.63, 3.8) is 0 Å². The maximum Gasteiger partial charge on any atom is 0.171 e. The second-order valence-electron chi connectivity index (χ2n) is 5.63. The standard InChI is InChI=1S/C13H23NO2Si/c1-13(2,3)12(16-17(4)5)10-7-6-8-14-11(10)9-15/h6-8,12,15,17H,9H2,1-5H3. The third-order valence-corrected chi connectivity index (χ3v) is 3.37. The lowest BCUT2D eigenvalue weighted by molar-refractivity contribution is 0.0838. The minimum atomic E-state index is -1.14. The molecule has 1 atom stereocenters. The highest BCUT2D eigenvalue weighted by Gasteiger charge is 2.29. The molecular formula is C13H23NO2Si. The maximum atomic E-state index is 9.36. The van der Waals surface area contributed by atoms with Crippen LogP contribution in [0.4, 0.5) is 0 Å². The van der Waals surface area contributed by atoms with Crippen LogP contribution >= 0.6 is 0 Å². The molecule has 1 rings (SSSR count). The topological polar surface area (TPSA) is 42.4 Å². The van der Waals surface area contributed by atoms with Crippen molar-refractivity contribution in [1.29, 1.82) is 0 Å². The van der Waals surface area contributed by atoms with Gasteiger partial charge in [0.05, 0.1) is 18.4 Å². The lowest BCUT2D eigenvalue weighted by Crippen LogP contribution is -2.27. The summed E-state index contributed by atoms with van der Waals surface area (Å²) in [6.45, 7) is 10.8. The van der Waals surface area contributed by atoms with Crippen LogP contribution < -0.4 is 0 Å². The third kappa shape index (κ3) is 3.91. The van der Waals surface area contributed by atoms with Crippen molar-refractivity contribution in [1.82, 2.24) is 4.98 Å². The normalized spacial score (nSPS) is 14.1. The van der Waals surface area contributed by atoms with Gasteiger partial charge in [0.15, 0.2) is 9.04 Å². The monoisotopic (exact) mass is 253 g/mol. The largest absolute Gasteiger partial charge is 0.413 e. The molecule has 17 heavy (non-hydrogen) atoms. The van der Waals surface area contributed by atoms with Crippen molar-refractivity contribution in [2.24, 2.45) is 5.41 Å². The summed E-state index contributed by atoms with van der Waals surface area (Å²) < 4.78 is 6.13. The van der Waals surface area contributed by atoms with E-state index in [1.807, 2.05) is 12.1 Å². The lowest BCUT2D eigenvalue weighted by Gasteiger charge is -2.33. The van der Waals surface area contributed by atoms with E-state index in [-0.39, 0.29) is 18.1 Å². The van der Waals surface area contributed by atoms with E-state index in [4.69, 9.17) is 4.43 Å². The van der Waals surface area contributed by atoms with Crippen molar-refractivity contribution in [3.8, 4) is 0 Å². The summed E-state index contributed by atoms with van der Waals surface area (Å²) in [6.07, 6.45) is 1.71. The van der Waals surface area contributed by atoms with Gasteiger partial charge in [0, 0.05) is 11.8 Å². The molecule has 0 fully saturated rings. The predicted molar refractivity (Wildman–Crippen MR) is 72.3 cm³/mol. The molecule has 0 spiro atoms. The van der Waals surface area contributed by atoms with Crippen LogP contribution in [0.2, 0.25) is 13.1 Å². The summed E-state index contributed by atoms with van der Waals surface area (Å²) in [7, 11) is -1.14. The second-order valence-corrected chi connectivity index (χ2v) is 8.00. The fourth-order valence-electron chi connectivity index (χ4n) is 1.84. The molecule has 0 saturated carbocycles. The maximum absolute atomic E-state index is 9.36. The van der Waals surface area contributed by atoms with Gasteiger partial charge in [-0.05, 0) is 24.6 Å². The summed E-state index contributed by atoms with van der Waals surface area (Å²) in [6, 6.07) is 3.91. The molecule has 0 radical (unpaired) electrons. The molecule has 0 bridgehead atoms. The zero-order chi connectivity index (χ0) is 13.1. The highest BCUT2D eigenvalue weighted by Crippen LogP contribution is 2.37. The molecule has 1 N–H and O–H groups in total. The molecule has 1 unspecified atom stereocenters. The molecule has 0 aliphatic carbocycles. The van der Waals surface area contributed by atoms with Gasteiger partial charge in [0.2, 0.25) is 0 Å². The van der Waals surface area contributed by atoms with E-state index in [2.05, 4.69) is 38.8 Å². The van der Waals surface area contributed by atoms with E-state index in [1.165, 1.54) is 0 Å². The summed E-state index contributed by atoms with van der Waals surface area (Å²) >= 11 is 0. The average molecular weight is 253 g/mol. The first-order chi connectivity index (χ1) is 7.86. The van der Waals surface area contributed by atoms with Crippen molar-refractivity contribution in [3.05, 3.63) is 29.6 Å². The minimum absolute atomic E-state index is 0.00419. The van der Waals surface area contributed by atoms with Crippen LogP contribution in [0.15, 0.2) is 18.3 Å². The van der Waals surface area contributed by atoms with Crippen LogP contribution in [0.1, 0.15) is 38.1 Å². The van der Waals surface area contributed by atoms with Gasteiger partial charge >= 0.3 is 0 Å². The summed E-state index contributed by atoms with van der Waals surface area (Å²) in [5, 5.41) is 9.36. The van der Waals surface area contributed by atoms with Crippen LogP contribution in [0.3, 0.4) is 0 Å². The van der Waals surface area contributed by atoms with Gasteiger partial charge in [-0.15, -0.1) is 0 Å². The summed E-state index contributed by atoms with van der Waals surface area (Å²) in [5.74, 6) is 0. The Kier molecular flexibility index (Phi) is 4.86. The Morgan fingerprint density at radius 1 is 1.41 bits per heavy atom. The summed E-state index contributed by atoms with van der Waals surface area (Å²) in [5.41, 5.74) is 1.75. The number of hydrogen-bond donors (Lipinski definition) is 1. The van der Waals surface area contributed by atoms with E-state index >= 15 is 0 Å². The minimum Gasteiger partial charge on any atom is -0.413 e. The SMILES string of the molecule is C[SiH](C)OC(c1cccnc1CO)C(C)(C)C. The average Bonchev–Trinajstić information content (AvgIpc) is 2.24. The van der Waals surface area contributed by atoms with E-state index in [0.717, 1.165) is 11.3 Å². The van der Waals surface area contributed by atoms with Crippen LogP contribution in [-0.4, -0.2) is 19.1 Å². The number of pyridine rings is 1. The van der Waals surface area contributed by atoms with Crippen molar-refractivity contribution in [2.45, 2.75) is 46.6 Å². The molecule has 3 nitrogen and oxygen atoms in total. The number of aromatic nitrogens is 1. The molecule has 0 aliphatic heterocycles. The van der Waals surface area contributed by atoms with Gasteiger partial charge in [-0.25, -0.2) is 0 Å². The number of aliphatic hydroxyl groups is 1. The van der Waals surface area contributed by atoms with E-state index in [0.29, 0.717) is 0 Å². The molecule has 1 aromatic rings. The highest BCUT2D eigenvalue weighted by atomic mass is 28.3. The molecule has 1 aromatic heterocycles. The molecular weight excluding hydrogens is 230 g/mol. The van der Waals surface area contributed by atoms with Gasteiger partial charge in [0.1, 0.15) is 0 Å². The van der Waals surface area contributed by atoms with Crippen LogP contribution in [-0.2, 0) is 11.0 Å². The Morgan fingerprint density at radius 3 is 2.53 bits per heavy atom. The molecule has 96 valence electrons. The Bertz CT molecular complexity index is 361. The van der Waals surface area contributed by atoms with Gasteiger partial charge in [-0.1, -0.05) is 26.8 Å². The number of aliphatic hydroxyl groups excluding tert-OH is 1. The Balaban J connectivity index is 3.12. The van der Waals surface area contributed by atoms with E-state index in [1.54, 1.807) is 6.20 Å². The number of hydrogen-bond acceptors (Lipinski definition) is 3. The van der Waals surface area contributed by atoms with Crippen LogP contribution in [0, 0.1) is 5.41 Å². The molecule has 0 aromatic carbocycles. The lowest BCUT2D eigenvalue weighted by atomic mass is 9.84. The molecule has 0 aliphatic rings. The summed E-state index contributed by atoms with van der Waals surface area (Å²) in [4.78, 5) is 4.22. The molecule has 0 saturated heterocycles. The van der Waals surface area contributed by atoms with Gasteiger partial charge in [-0.3, -0.25) is 4.98 Å². The first-order valence-corrected chi connectivity index (χ1v) is 8.84. The Hall–Kier alpha value is -0.713. The van der Waals surface area contributed by atoms with E-state index in [9.17, 15) is 5.11 Å². The predicted octanol–water partition coefficient (Wildman–Crippen LogP) is 2.66. The van der Waals surface area contributed by atoms with E-state index < -0.39 is 9.04 Å². The first-order valence-electron chi connectivity index (χ1n) is 6.06. The van der Waals surface area contributed by atoms with Gasteiger partial charge in [-0.2, -0.15) is 0 Å². The Labute approximate surface area is 106 Å². The first kappa shape index (κ1) is 14.3. The van der Waals surface area contributed by atoms with Gasteiger partial charge < -0.3 is 9.53 Å². The smallest absolute Gasteiger partial charge is 0.171 e. The number of rotatable bonds is 4. The highest BCUT2D eigenvalue weighted by molar-refractivity contribution is 6.48. The van der Waals surface area contributed by atoms with Crippen LogP contribution in [0.5, 0.6) is 0 Å². The molecule has 0 amide bonds. The molecule has 1 heterocycles. The quantitative estimate of drug-likeness (QED) is 0.839. The van der Waals surface area contributed by atoms with Crippen molar-refractivity contribution < 1.29 is 9.53 Å². The third-order valence-electron chi connectivity index (χ3n) is 2.55. The number of nitrogens with zero attached hydrogens (tertiary/aromatic N) is 1. The second kappa shape index (κ2) is 5.75. The molecule has 4 heteroatoms. The fourth-order valence-corrected chi connectivity index (χ4v) is 2.94. The zero-order valence-electron chi connectivity index (χ0n) is 11.4. The Morgan fingerprint density at radius 2 is 2.06 bits per heavy atom. The van der Waals surface area contributed by atoms with Gasteiger partial charge in [0.25, 0.3) is 0 Å².